The maximum atomic E-state index is 9.06. The highest BCUT2D eigenvalue weighted by Crippen LogP contribution is 2.30. The lowest BCUT2D eigenvalue weighted by molar-refractivity contribution is 0.217. The van der Waals surface area contributed by atoms with E-state index in [2.05, 4.69) is 25.4 Å². The Morgan fingerprint density at radius 2 is 1.88 bits per heavy atom. The Hall–Kier alpha value is 0.270. The molecule has 0 radical (unpaired) electrons. The molecule has 0 amide bonds. The van der Waals surface area contributed by atoms with Crippen molar-refractivity contribution in [2.45, 2.75) is 58.0 Å². The predicted molar refractivity (Wildman–Crippen MR) is 77.6 cm³/mol. The number of thioether (sulfide) groups is 1. The van der Waals surface area contributed by atoms with Crippen LogP contribution in [-0.4, -0.2) is 35.8 Å². The van der Waals surface area contributed by atoms with Crippen LogP contribution in [0.5, 0.6) is 0 Å². The maximum Gasteiger partial charge on any atom is 0.0446 e. The summed E-state index contributed by atoms with van der Waals surface area (Å²) in [6, 6.07) is 1.18. The Labute approximate surface area is 111 Å². The standard InChI is InChI=1S/C14H29NOS/c1-11(2)12-4-6-13(7-5-12)15-14(8-9-16)10-17-3/h11-16H,4-10H2,1-3H3. The fourth-order valence-electron chi connectivity index (χ4n) is 2.86. The van der Waals surface area contributed by atoms with Gasteiger partial charge in [-0.05, 0) is 50.2 Å². The molecule has 1 aliphatic rings. The molecule has 1 rings (SSSR count). The Bertz CT molecular complexity index is 185. The average Bonchev–Trinajstić information content (AvgIpc) is 2.30. The van der Waals surface area contributed by atoms with Crippen LogP contribution in [0.3, 0.4) is 0 Å². The largest absolute Gasteiger partial charge is 0.396 e. The fraction of sp³-hybridized carbons (Fsp3) is 1.00. The third-order valence-electron chi connectivity index (χ3n) is 4.03. The molecule has 1 unspecified atom stereocenters. The van der Waals surface area contributed by atoms with Crippen molar-refractivity contribution in [2.24, 2.45) is 11.8 Å². The van der Waals surface area contributed by atoms with Crippen molar-refractivity contribution < 1.29 is 5.11 Å². The van der Waals surface area contributed by atoms with E-state index in [4.69, 9.17) is 5.11 Å². The lowest BCUT2D eigenvalue weighted by Crippen LogP contribution is -2.42. The SMILES string of the molecule is CSCC(CCO)NC1CCC(C(C)C)CC1. The van der Waals surface area contributed by atoms with Gasteiger partial charge in [0.1, 0.15) is 0 Å². The Morgan fingerprint density at radius 1 is 1.24 bits per heavy atom. The highest BCUT2D eigenvalue weighted by atomic mass is 32.2. The van der Waals surface area contributed by atoms with Crippen molar-refractivity contribution in [1.82, 2.24) is 5.32 Å². The zero-order valence-electron chi connectivity index (χ0n) is 11.6. The minimum atomic E-state index is 0.305. The monoisotopic (exact) mass is 259 g/mol. The molecule has 2 nitrogen and oxygen atoms in total. The van der Waals surface area contributed by atoms with E-state index in [0.717, 1.165) is 24.0 Å². The Kier molecular flexibility index (Phi) is 7.56. The first-order chi connectivity index (χ1) is 8.17. The second kappa shape index (κ2) is 8.39. The normalized spacial score (nSPS) is 27.4. The van der Waals surface area contributed by atoms with Gasteiger partial charge in [0, 0.05) is 24.4 Å². The Morgan fingerprint density at radius 3 is 2.35 bits per heavy atom. The van der Waals surface area contributed by atoms with Crippen LogP contribution in [0, 0.1) is 11.8 Å². The molecule has 0 aromatic heterocycles. The zero-order valence-corrected chi connectivity index (χ0v) is 12.4. The topological polar surface area (TPSA) is 32.3 Å². The first-order valence-corrected chi connectivity index (χ1v) is 8.42. The van der Waals surface area contributed by atoms with Gasteiger partial charge in [0.15, 0.2) is 0 Å². The summed E-state index contributed by atoms with van der Waals surface area (Å²) in [7, 11) is 0. The van der Waals surface area contributed by atoms with Crippen LogP contribution in [-0.2, 0) is 0 Å². The van der Waals surface area contributed by atoms with Crippen molar-refractivity contribution >= 4 is 11.8 Å². The van der Waals surface area contributed by atoms with Gasteiger partial charge in [0.05, 0.1) is 0 Å². The number of hydrogen-bond acceptors (Lipinski definition) is 3. The van der Waals surface area contributed by atoms with Crippen molar-refractivity contribution in [2.75, 3.05) is 18.6 Å². The van der Waals surface area contributed by atoms with E-state index in [1.165, 1.54) is 25.7 Å². The molecular formula is C14H29NOS. The Balaban J connectivity index is 2.27. The molecule has 1 atom stereocenters. The number of hydrogen-bond donors (Lipinski definition) is 2. The third kappa shape index (κ3) is 5.62. The molecule has 0 aromatic rings. The molecule has 0 saturated heterocycles. The van der Waals surface area contributed by atoms with Gasteiger partial charge in [0.2, 0.25) is 0 Å². The molecule has 0 spiro atoms. The van der Waals surface area contributed by atoms with Gasteiger partial charge < -0.3 is 10.4 Å². The van der Waals surface area contributed by atoms with Crippen molar-refractivity contribution in [3.63, 3.8) is 0 Å². The molecule has 3 heteroatoms. The lowest BCUT2D eigenvalue weighted by Gasteiger charge is -2.33. The van der Waals surface area contributed by atoms with Crippen LogP contribution in [0.15, 0.2) is 0 Å². The quantitative estimate of drug-likeness (QED) is 0.737. The molecule has 0 aromatic carbocycles. The van der Waals surface area contributed by atoms with Crippen LogP contribution in [0.2, 0.25) is 0 Å². The highest BCUT2D eigenvalue weighted by molar-refractivity contribution is 7.98. The smallest absolute Gasteiger partial charge is 0.0446 e. The molecule has 1 aliphatic carbocycles. The lowest BCUT2D eigenvalue weighted by atomic mass is 9.79. The fourth-order valence-corrected chi connectivity index (χ4v) is 3.52. The first kappa shape index (κ1) is 15.3. The molecule has 1 fully saturated rings. The highest BCUT2D eigenvalue weighted by Gasteiger charge is 2.24. The minimum Gasteiger partial charge on any atom is -0.396 e. The van der Waals surface area contributed by atoms with Crippen molar-refractivity contribution in [1.29, 1.82) is 0 Å². The van der Waals surface area contributed by atoms with Gasteiger partial charge in [-0.2, -0.15) is 11.8 Å². The molecule has 0 heterocycles. The van der Waals surface area contributed by atoms with Crippen LogP contribution < -0.4 is 5.32 Å². The molecule has 0 aliphatic heterocycles. The zero-order chi connectivity index (χ0) is 12.7. The van der Waals surface area contributed by atoms with E-state index >= 15 is 0 Å². The molecule has 17 heavy (non-hydrogen) atoms. The van der Waals surface area contributed by atoms with Gasteiger partial charge in [-0.1, -0.05) is 13.8 Å². The van der Waals surface area contributed by atoms with Gasteiger partial charge in [0.25, 0.3) is 0 Å². The summed E-state index contributed by atoms with van der Waals surface area (Å²) < 4.78 is 0. The molecular weight excluding hydrogens is 230 g/mol. The maximum absolute atomic E-state index is 9.06. The van der Waals surface area contributed by atoms with E-state index in [-0.39, 0.29) is 0 Å². The van der Waals surface area contributed by atoms with Crippen molar-refractivity contribution in [3.05, 3.63) is 0 Å². The van der Waals surface area contributed by atoms with Gasteiger partial charge in [-0.15, -0.1) is 0 Å². The van der Waals surface area contributed by atoms with Gasteiger partial charge >= 0.3 is 0 Å². The summed E-state index contributed by atoms with van der Waals surface area (Å²) in [6.45, 7) is 5.00. The molecule has 2 N–H and O–H groups in total. The first-order valence-electron chi connectivity index (χ1n) is 7.03. The van der Waals surface area contributed by atoms with E-state index in [0.29, 0.717) is 18.7 Å². The minimum absolute atomic E-state index is 0.305. The number of aliphatic hydroxyl groups excluding tert-OH is 1. The van der Waals surface area contributed by atoms with Crippen molar-refractivity contribution in [3.8, 4) is 0 Å². The number of aliphatic hydroxyl groups is 1. The average molecular weight is 259 g/mol. The van der Waals surface area contributed by atoms with Gasteiger partial charge in [-0.3, -0.25) is 0 Å². The molecule has 102 valence electrons. The van der Waals surface area contributed by atoms with E-state index in [1.54, 1.807) is 0 Å². The summed E-state index contributed by atoms with van der Waals surface area (Å²) in [5.74, 6) is 2.89. The summed E-state index contributed by atoms with van der Waals surface area (Å²) in [6.07, 6.45) is 8.42. The number of nitrogens with one attached hydrogen (secondary N) is 1. The van der Waals surface area contributed by atoms with Crippen LogP contribution in [0.25, 0.3) is 0 Å². The molecule has 0 bridgehead atoms. The second-order valence-corrected chi connectivity index (χ2v) is 6.60. The summed E-state index contributed by atoms with van der Waals surface area (Å²) in [5, 5.41) is 12.8. The predicted octanol–water partition coefficient (Wildman–Crippen LogP) is 2.90. The van der Waals surface area contributed by atoms with Gasteiger partial charge in [-0.25, -0.2) is 0 Å². The summed E-state index contributed by atoms with van der Waals surface area (Å²) in [5.41, 5.74) is 0. The van der Waals surface area contributed by atoms with Crippen LogP contribution in [0.4, 0.5) is 0 Å². The van der Waals surface area contributed by atoms with E-state index in [1.807, 2.05) is 11.8 Å². The second-order valence-electron chi connectivity index (χ2n) is 5.69. The third-order valence-corrected chi connectivity index (χ3v) is 4.77. The van der Waals surface area contributed by atoms with E-state index < -0.39 is 0 Å². The van der Waals surface area contributed by atoms with Crippen LogP contribution in [0.1, 0.15) is 46.0 Å². The summed E-state index contributed by atoms with van der Waals surface area (Å²) in [4.78, 5) is 0. The summed E-state index contributed by atoms with van der Waals surface area (Å²) >= 11 is 1.87. The van der Waals surface area contributed by atoms with E-state index in [9.17, 15) is 0 Å². The number of rotatable bonds is 7. The van der Waals surface area contributed by atoms with Crippen LogP contribution >= 0.6 is 11.8 Å². The molecule has 1 saturated carbocycles.